The Labute approximate surface area is 130 Å². The van der Waals surface area contributed by atoms with Crippen LogP contribution in [0.5, 0.6) is 0 Å². The molecule has 0 heterocycles. The molecule has 0 aliphatic carbocycles. The number of esters is 1. The maximum absolute atomic E-state index is 11.3. The quantitative estimate of drug-likeness (QED) is 0.669. The van der Waals surface area contributed by atoms with Crippen LogP contribution in [0.3, 0.4) is 0 Å². The minimum absolute atomic E-state index is 0.228. The van der Waals surface area contributed by atoms with Crippen LogP contribution in [0.1, 0.15) is 40.5 Å². The van der Waals surface area contributed by atoms with Crippen molar-refractivity contribution in [1.29, 1.82) is 0 Å². The van der Waals surface area contributed by atoms with Crippen molar-refractivity contribution in [2.45, 2.75) is 19.8 Å². The lowest BCUT2D eigenvalue weighted by molar-refractivity contribution is 0.0499. The minimum Gasteiger partial charge on any atom is -0.478 e. The molecule has 1 N–H and O–H groups in total. The molecule has 22 heavy (non-hydrogen) atoms. The number of carboxylic acids is 1. The predicted octanol–water partition coefficient (Wildman–Crippen LogP) is 4.03. The highest BCUT2D eigenvalue weighted by Gasteiger charge is 2.04. The third-order valence-electron chi connectivity index (χ3n) is 2.76. The Hall–Kier alpha value is -2.62. The zero-order valence-electron chi connectivity index (χ0n) is 12.6. The molecule has 0 unspecified atom stereocenters. The molecular formula is C18H20O4. The van der Waals surface area contributed by atoms with E-state index in [1.54, 1.807) is 42.5 Å². The number of hydrogen-bond acceptors (Lipinski definition) is 3. The molecule has 0 spiro atoms. The average molecular weight is 300 g/mol. The summed E-state index contributed by atoms with van der Waals surface area (Å²) in [4.78, 5) is 21.5. The van der Waals surface area contributed by atoms with Crippen molar-refractivity contribution in [2.75, 3.05) is 6.61 Å². The average Bonchev–Trinajstić information content (AvgIpc) is 2.57. The molecule has 116 valence electrons. The fourth-order valence-corrected chi connectivity index (χ4v) is 1.55. The Bertz CT molecular complexity index is 564. The number of hydrogen-bond donors (Lipinski definition) is 1. The number of ether oxygens (including phenoxy) is 1. The zero-order chi connectivity index (χ0) is 16.2. The van der Waals surface area contributed by atoms with Gasteiger partial charge in [-0.3, -0.25) is 0 Å². The normalized spacial score (nSPS) is 9.32. The maximum atomic E-state index is 11.3. The SMILES string of the molecule is CCCCOC(=O)c1ccccc1.O=C(O)c1ccccc1. The first-order valence-corrected chi connectivity index (χ1v) is 7.15. The van der Waals surface area contributed by atoms with E-state index in [1.165, 1.54) is 0 Å². The van der Waals surface area contributed by atoms with E-state index in [9.17, 15) is 9.59 Å². The summed E-state index contributed by atoms with van der Waals surface area (Å²) in [7, 11) is 0. The van der Waals surface area contributed by atoms with Crippen molar-refractivity contribution in [3.63, 3.8) is 0 Å². The third kappa shape index (κ3) is 6.70. The predicted molar refractivity (Wildman–Crippen MR) is 85.0 cm³/mol. The first-order valence-electron chi connectivity index (χ1n) is 7.15. The fourth-order valence-electron chi connectivity index (χ4n) is 1.55. The summed E-state index contributed by atoms with van der Waals surface area (Å²) in [6, 6.07) is 17.3. The Morgan fingerprint density at radius 3 is 1.82 bits per heavy atom. The zero-order valence-corrected chi connectivity index (χ0v) is 12.6. The third-order valence-corrected chi connectivity index (χ3v) is 2.76. The maximum Gasteiger partial charge on any atom is 0.338 e. The van der Waals surface area contributed by atoms with Crippen molar-refractivity contribution in [3.8, 4) is 0 Å². The van der Waals surface area contributed by atoms with Crippen LogP contribution in [0.2, 0.25) is 0 Å². The Morgan fingerprint density at radius 1 is 0.909 bits per heavy atom. The summed E-state index contributed by atoms with van der Waals surface area (Å²) < 4.78 is 5.03. The number of carboxylic acid groups (broad SMARTS) is 1. The van der Waals surface area contributed by atoms with Crippen molar-refractivity contribution >= 4 is 11.9 Å². The largest absolute Gasteiger partial charge is 0.478 e. The number of rotatable bonds is 5. The molecule has 0 aliphatic rings. The smallest absolute Gasteiger partial charge is 0.338 e. The van der Waals surface area contributed by atoms with Gasteiger partial charge in [0.2, 0.25) is 0 Å². The van der Waals surface area contributed by atoms with Crippen LogP contribution in [-0.4, -0.2) is 23.7 Å². The summed E-state index contributed by atoms with van der Waals surface area (Å²) in [5.41, 5.74) is 0.955. The van der Waals surface area contributed by atoms with Gasteiger partial charge in [0.1, 0.15) is 0 Å². The molecule has 0 saturated carbocycles. The second-order valence-corrected chi connectivity index (χ2v) is 4.53. The first-order chi connectivity index (χ1) is 10.6. The molecule has 0 amide bonds. The van der Waals surface area contributed by atoms with Gasteiger partial charge < -0.3 is 9.84 Å². The van der Waals surface area contributed by atoms with Gasteiger partial charge in [-0.2, -0.15) is 0 Å². The summed E-state index contributed by atoms with van der Waals surface area (Å²) in [5.74, 6) is -1.11. The number of carbonyl (C=O) groups excluding carboxylic acids is 1. The van der Waals surface area contributed by atoms with E-state index in [2.05, 4.69) is 6.92 Å². The van der Waals surface area contributed by atoms with E-state index in [0.29, 0.717) is 17.7 Å². The van der Waals surface area contributed by atoms with E-state index in [0.717, 1.165) is 12.8 Å². The van der Waals surface area contributed by atoms with Crippen LogP contribution in [0.25, 0.3) is 0 Å². The van der Waals surface area contributed by atoms with Crippen LogP contribution in [0.15, 0.2) is 60.7 Å². The molecule has 0 bridgehead atoms. The van der Waals surface area contributed by atoms with Gasteiger partial charge in [-0.05, 0) is 30.7 Å². The molecule has 0 aliphatic heterocycles. The summed E-state index contributed by atoms with van der Waals surface area (Å²) in [6.07, 6.45) is 1.97. The van der Waals surface area contributed by atoms with Crippen LogP contribution in [-0.2, 0) is 4.74 Å². The molecule has 2 aromatic carbocycles. The molecule has 0 aromatic heterocycles. The monoisotopic (exact) mass is 300 g/mol. The lowest BCUT2D eigenvalue weighted by Gasteiger charge is -2.02. The molecule has 0 radical (unpaired) electrons. The number of benzene rings is 2. The van der Waals surface area contributed by atoms with Crippen LogP contribution in [0, 0.1) is 0 Å². The molecule has 4 nitrogen and oxygen atoms in total. The van der Waals surface area contributed by atoms with Gasteiger partial charge in [0.15, 0.2) is 0 Å². The second kappa shape index (κ2) is 10.2. The highest BCUT2D eigenvalue weighted by molar-refractivity contribution is 5.89. The molecular weight excluding hydrogens is 280 g/mol. The van der Waals surface area contributed by atoms with Crippen LogP contribution >= 0.6 is 0 Å². The van der Waals surface area contributed by atoms with E-state index in [-0.39, 0.29) is 5.97 Å². The van der Waals surface area contributed by atoms with Crippen molar-refractivity contribution < 1.29 is 19.4 Å². The van der Waals surface area contributed by atoms with Gasteiger partial charge in [0, 0.05) is 0 Å². The molecule has 2 aromatic rings. The fraction of sp³-hybridized carbons (Fsp3) is 0.222. The van der Waals surface area contributed by atoms with Crippen molar-refractivity contribution in [1.82, 2.24) is 0 Å². The summed E-state index contributed by atoms with van der Waals surface area (Å²) >= 11 is 0. The van der Waals surface area contributed by atoms with Gasteiger partial charge in [-0.25, -0.2) is 9.59 Å². The first kappa shape index (κ1) is 17.4. The van der Waals surface area contributed by atoms with Crippen molar-refractivity contribution in [2.24, 2.45) is 0 Å². The van der Waals surface area contributed by atoms with Crippen LogP contribution < -0.4 is 0 Å². The standard InChI is InChI=1S/C11H14O2.C7H6O2/c1-2-3-9-13-11(12)10-7-5-4-6-8-10;8-7(9)6-4-2-1-3-5-6/h4-8H,2-3,9H2,1H3;1-5H,(H,8,9). The Balaban J connectivity index is 0.000000235. The lowest BCUT2D eigenvalue weighted by atomic mass is 10.2. The number of unbranched alkanes of at least 4 members (excludes halogenated alkanes) is 1. The molecule has 0 fully saturated rings. The van der Waals surface area contributed by atoms with Crippen LogP contribution in [0.4, 0.5) is 0 Å². The highest BCUT2D eigenvalue weighted by atomic mass is 16.5. The minimum atomic E-state index is -0.879. The van der Waals surface area contributed by atoms with Gasteiger partial charge in [0.05, 0.1) is 17.7 Å². The summed E-state index contributed by atoms with van der Waals surface area (Å²) in [5, 5.41) is 8.38. The van der Waals surface area contributed by atoms with Gasteiger partial charge in [0.25, 0.3) is 0 Å². The lowest BCUT2D eigenvalue weighted by Crippen LogP contribution is -2.05. The number of aromatic carboxylic acids is 1. The molecule has 2 rings (SSSR count). The second-order valence-electron chi connectivity index (χ2n) is 4.53. The van der Waals surface area contributed by atoms with E-state index in [1.807, 2.05) is 18.2 Å². The van der Waals surface area contributed by atoms with Gasteiger partial charge in [-0.1, -0.05) is 49.7 Å². The Morgan fingerprint density at radius 2 is 1.41 bits per heavy atom. The van der Waals surface area contributed by atoms with Gasteiger partial charge in [-0.15, -0.1) is 0 Å². The topological polar surface area (TPSA) is 63.6 Å². The van der Waals surface area contributed by atoms with E-state index in [4.69, 9.17) is 9.84 Å². The van der Waals surface area contributed by atoms with Gasteiger partial charge >= 0.3 is 11.9 Å². The van der Waals surface area contributed by atoms with Crippen molar-refractivity contribution in [3.05, 3.63) is 71.8 Å². The molecule has 0 saturated heterocycles. The van der Waals surface area contributed by atoms with E-state index < -0.39 is 5.97 Å². The van der Waals surface area contributed by atoms with E-state index >= 15 is 0 Å². The molecule has 4 heteroatoms. The Kier molecular flexibility index (Phi) is 8.05. The molecule has 0 atom stereocenters. The summed E-state index contributed by atoms with van der Waals surface area (Å²) in [6.45, 7) is 2.58. The highest BCUT2D eigenvalue weighted by Crippen LogP contribution is 2.01. The number of carbonyl (C=O) groups is 2.